The number of halogens is 1. The number of rotatable bonds is 6. The molecule has 0 aliphatic rings. The van der Waals surface area contributed by atoms with Crippen LogP contribution in [0.4, 0.5) is 11.4 Å². The summed E-state index contributed by atoms with van der Waals surface area (Å²) < 4.78 is 5.68. The van der Waals surface area contributed by atoms with Crippen molar-refractivity contribution in [2.75, 3.05) is 5.32 Å². The SMILES string of the molecule is O=C(Nc1ccc(OCc2ccccc2)cc1)c1cc(Cl)ccc1[N+](=O)[O-]. The molecule has 0 saturated heterocycles. The van der Waals surface area contributed by atoms with Gasteiger partial charge in [0, 0.05) is 16.8 Å². The number of nitrogens with zero attached hydrogens (tertiary/aromatic N) is 1. The Bertz CT molecular complexity index is 959. The summed E-state index contributed by atoms with van der Waals surface area (Å²) in [6.45, 7) is 0.432. The smallest absolute Gasteiger partial charge is 0.282 e. The number of nitro groups is 1. The van der Waals surface area contributed by atoms with E-state index >= 15 is 0 Å². The molecule has 0 spiro atoms. The van der Waals surface area contributed by atoms with Crippen LogP contribution in [0.5, 0.6) is 5.75 Å². The number of hydrogen-bond acceptors (Lipinski definition) is 4. The molecule has 1 N–H and O–H groups in total. The molecule has 0 saturated carbocycles. The lowest BCUT2D eigenvalue weighted by Crippen LogP contribution is -2.14. The largest absolute Gasteiger partial charge is 0.489 e. The van der Waals surface area contributed by atoms with Crippen molar-refractivity contribution in [3.8, 4) is 5.75 Å². The molecule has 6 nitrogen and oxygen atoms in total. The van der Waals surface area contributed by atoms with Crippen LogP contribution in [0.15, 0.2) is 72.8 Å². The van der Waals surface area contributed by atoms with Gasteiger partial charge in [0.2, 0.25) is 0 Å². The lowest BCUT2D eigenvalue weighted by Gasteiger charge is -2.09. The molecular weight excluding hydrogens is 368 g/mol. The number of carbonyl (C=O) groups is 1. The molecule has 0 bridgehead atoms. The van der Waals surface area contributed by atoms with Gasteiger partial charge in [0.05, 0.1) is 4.92 Å². The van der Waals surface area contributed by atoms with Crippen molar-refractivity contribution in [1.82, 2.24) is 0 Å². The number of hydrogen-bond donors (Lipinski definition) is 1. The average molecular weight is 383 g/mol. The molecule has 3 rings (SSSR count). The van der Waals surface area contributed by atoms with E-state index in [-0.39, 0.29) is 16.3 Å². The normalized spacial score (nSPS) is 10.3. The Morgan fingerprint density at radius 1 is 1.04 bits per heavy atom. The number of nitro benzene ring substituents is 1. The number of benzene rings is 3. The molecule has 0 aromatic heterocycles. The van der Waals surface area contributed by atoms with Gasteiger partial charge in [0.15, 0.2) is 0 Å². The van der Waals surface area contributed by atoms with Crippen molar-refractivity contribution >= 4 is 28.9 Å². The minimum atomic E-state index is -0.619. The lowest BCUT2D eigenvalue weighted by molar-refractivity contribution is -0.385. The molecule has 3 aromatic rings. The molecule has 27 heavy (non-hydrogen) atoms. The second kappa shape index (κ2) is 8.33. The fourth-order valence-electron chi connectivity index (χ4n) is 2.42. The van der Waals surface area contributed by atoms with Crippen LogP contribution in [0.3, 0.4) is 0 Å². The van der Waals surface area contributed by atoms with Gasteiger partial charge in [0.25, 0.3) is 11.6 Å². The Morgan fingerprint density at radius 3 is 2.41 bits per heavy atom. The third-order valence-corrected chi connectivity index (χ3v) is 4.00. The molecule has 0 aliphatic heterocycles. The van der Waals surface area contributed by atoms with Crippen molar-refractivity contribution in [3.05, 3.63) is 99.1 Å². The number of anilines is 1. The first-order valence-corrected chi connectivity index (χ1v) is 8.43. The van der Waals surface area contributed by atoms with Crippen LogP contribution in [0, 0.1) is 10.1 Å². The molecule has 0 fully saturated rings. The fraction of sp³-hybridized carbons (Fsp3) is 0.0500. The van der Waals surface area contributed by atoms with E-state index in [1.165, 1.54) is 18.2 Å². The highest BCUT2D eigenvalue weighted by Crippen LogP contribution is 2.24. The summed E-state index contributed by atoms with van der Waals surface area (Å²) in [5.74, 6) is 0.0349. The molecule has 0 heterocycles. The van der Waals surface area contributed by atoms with Crippen LogP contribution >= 0.6 is 11.6 Å². The van der Waals surface area contributed by atoms with Gasteiger partial charge in [-0.1, -0.05) is 41.9 Å². The zero-order chi connectivity index (χ0) is 19.2. The van der Waals surface area contributed by atoms with Crippen molar-refractivity contribution in [2.24, 2.45) is 0 Å². The minimum absolute atomic E-state index is 0.100. The van der Waals surface area contributed by atoms with E-state index in [0.29, 0.717) is 18.0 Å². The highest BCUT2D eigenvalue weighted by Gasteiger charge is 2.20. The monoisotopic (exact) mass is 382 g/mol. The molecule has 0 atom stereocenters. The molecular formula is C20H15ClN2O4. The van der Waals surface area contributed by atoms with Gasteiger partial charge >= 0.3 is 0 Å². The van der Waals surface area contributed by atoms with Gasteiger partial charge in [-0.05, 0) is 42.0 Å². The Hall–Kier alpha value is -3.38. The quantitative estimate of drug-likeness (QED) is 0.476. The highest BCUT2D eigenvalue weighted by atomic mass is 35.5. The van der Waals surface area contributed by atoms with Gasteiger partial charge in [0.1, 0.15) is 17.9 Å². The van der Waals surface area contributed by atoms with Crippen LogP contribution in [-0.4, -0.2) is 10.8 Å². The van der Waals surface area contributed by atoms with Gasteiger partial charge in [-0.2, -0.15) is 0 Å². The van der Waals surface area contributed by atoms with Crippen LogP contribution in [-0.2, 0) is 6.61 Å². The molecule has 0 radical (unpaired) electrons. The Morgan fingerprint density at radius 2 is 1.74 bits per heavy atom. The maximum absolute atomic E-state index is 12.4. The zero-order valence-corrected chi connectivity index (χ0v) is 14.8. The fourth-order valence-corrected chi connectivity index (χ4v) is 2.60. The molecule has 136 valence electrons. The van der Waals surface area contributed by atoms with E-state index < -0.39 is 10.8 Å². The van der Waals surface area contributed by atoms with Crippen LogP contribution in [0.2, 0.25) is 5.02 Å². The van der Waals surface area contributed by atoms with Crippen molar-refractivity contribution in [3.63, 3.8) is 0 Å². The maximum atomic E-state index is 12.4. The summed E-state index contributed by atoms with van der Waals surface area (Å²) in [5.41, 5.74) is 1.13. The Balaban J connectivity index is 1.67. The average Bonchev–Trinajstić information content (AvgIpc) is 2.68. The summed E-state index contributed by atoms with van der Waals surface area (Å²) in [4.78, 5) is 22.9. The van der Waals surface area contributed by atoms with Crippen LogP contribution in [0.1, 0.15) is 15.9 Å². The lowest BCUT2D eigenvalue weighted by atomic mass is 10.1. The van der Waals surface area contributed by atoms with E-state index in [1.54, 1.807) is 24.3 Å². The minimum Gasteiger partial charge on any atom is -0.489 e. The summed E-state index contributed by atoms with van der Waals surface area (Å²) in [6, 6.07) is 20.3. The zero-order valence-electron chi connectivity index (χ0n) is 14.1. The third-order valence-electron chi connectivity index (χ3n) is 3.76. The molecule has 0 aliphatic carbocycles. The van der Waals surface area contributed by atoms with Crippen molar-refractivity contribution in [1.29, 1.82) is 0 Å². The highest BCUT2D eigenvalue weighted by molar-refractivity contribution is 6.31. The standard InChI is InChI=1S/C20H15ClN2O4/c21-15-6-11-19(23(25)26)18(12-15)20(24)22-16-7-9-17(10-8-16)27-13-14-4-2-1-3-5-14/h1-12H,13H2,(H,22,24). The van der Waals surface area contributed by atoms with Crippen molar-refractivity contribution in [2.45, 2.75) is 6.61 Å². The van der Waals surface area contributed by atoms with Gasteiger partial charge in [-0.15, -0.1) is 0 Å². The molecule has 0 unspecified atom stereocenters. The van der Waals surface area contributed by atoms with Crippen molar-refractivity contribution < 1.29 is 14.5 Å². The predicted octanol–water partition coefficient (Wildman–Crippen LogP) is 5.08. The summed E-state index contributed by atoms with van der Waals surface area (Å²) in [7, 11) is 0. The Labute approximate surface area is 160 Å². The second-order valence-electron chi connectivity index (χ2n) is 5.67. The molecule has 1 amide bonds. The van der Waals surface area contributed by atoms with Crippen LogP contribution in [0.25, 0.3) is 0 Å². The number of carbonyl (C=O) groups excluding carboxylic acids is 1. The summed E-state index contributed by atoms with van der Waals surface area (Å²) in [5, 5.41) is 14.0. The van der Waals surface area contributed by atoms with E-state index in [2.05, 4.69) is 5.32 Å². The Kier molecular flexibility index (Phi) is 5.68. The first-order chi connectivity index (χ1) is 13.0. The second-order valence-corrected chi connectivity index (χ2v) is 6.11. The maximum Gasteiger partial charge on any atom is 0.282 e. The van der Waals surface area contributed by atoms with Gasteiger partial charge < -0.3 is 10.1 Å². The van der Waals surface area contributed by atoms with Gasteiger partial charge in [-0.3, -0.25) is 14.9 Å². The first kappa shape index (κ1) is 18.4. The van der Waals surface area contributed by atoms with E-state index in [4.69, 9.17) is 16.3 Å². The van der Waals surface area contributed by atoms with E-state index in [0.717, 1.165) is 5.56 Å². The first-order valence-electron chi connectivity index (χ1n) is 8.05. The summed E-state index contributed by atoms with van der Waals surface area (Å²) >= 11 is 5.86. The predicted molar refractivity (Wildman–Crippen MR) is 103 cm³/mol. The number of ether oxygens (including phenoxy) is 1. The van der Waals surface area contributed by atoms with E-state index in [1.807, 2.05) is 30.3 Å². The molecule has 3 aromatic carbocycles. The van der Waals surface area contributed by atoms with Gasteiger partial charge in [-0.25, -0.2) is 0 Å². The number of nitrogens with one attached hydrogen (secondary N) is 1. The summed E-state index contributed by atoms with van der Waals surface area (Å²) in [6.07, 6.45) is 0. The topological polar surface area (TPSA) is 81.5 Å². The number of amides is 1. The van der Waals surface area contributed by atoms with Crippen LogP contribution < -0.4 is 10.1 Å². The molecule has 7 heteroatoms. The van der Waals surface area contributed by atoms with E-state index in [9.17, 15) is 14.9 Å². The third kappa shape index (κ3) is 4.83.